The minimum Gasteiger partial charge on any atom is -0.387 e. The van der Waals surface area contributed by atoms with Crippen molar-refractivity contribution in [3.8, 4) is 0 Å². The van der Waals surface area contributed by atoms with E-state index in [4.69, 9.17) is 26.1 Å². The third-order valence-corrected chi connectivity index (χ3v) is 11.5. The molecule has 1 aliphatic carbocycles. The summed E-state index contributed by atoms with van der Waals surface area (Å²) < 4.78 is 30.4. The SMILES string of the molecule is O=P(O)(O)CP(=O)(O)NCC1OC(n2cnc3c(N4CC5(CCc6ccccc65)C4)nc(Cl)nc32)C(O)C1O. The first-order valence-corrected chi connectivity index (χ1v) is 16.2. The summed E-state index contributed by atoms with van der Waals surface area (Å²) in [4.78, 5) is 43.1. The average molecular weight is 601 g/mol. The van der Waals surface area contributed by atoms with E-state index in [0.29, 0.717) is 11.3 Å². The summed E-state index contributed by atoms with van der Waals surface area (Å²) in [7, 11) is -9.20. The molecule has 4 heterocycles. The van der Waals surface area contributed by atoms with Crippen molar-refractivity contribution in [1.82, 2.24) is 24.6 Å². The van der Waals surface area contributed by atoms with Crippen LogP contribution in [0.2, 0.25) is 5.28 Å². The largest absolute Gasteiger partial charge is 0.387 e. The van der Waals surface area contributed by atoms with Gasteiger partial charge in [-0.05, 0) is 35.6 Å². The van der Waals surface area contributed by atoms with Crippen molar-refractivity contribution >= 4 is 43.7 Å². The molecule has 2 fully saturated rings. The van der Waals surface area contributed by atoms with E-state index in [1.165, 1.54) is 22.0 Å². The molecule has 1 spiro atoms. The van der Waals surface area contributed by atoms with Crippen LogP contribution in [0.4, 0.5) is 5.82 Å². The molecule has 1 aromatic carbocycles. The number of ether oxygens (including phenoxy) is 1. The molecule has 0 saturated carbocycles. The molecule has 3 aromatic rings. The fourth-order valence-corrected chi connectivity index (χ4v) is 8.89. The van der Waals surface area contributed by atoms with Gasteiger partial charge in [0.05, 0.1) is 6.33 Å². The predicted molar refractivity (Wildman–Crippen MR) is 140 cm³/mol. The Morgan fingerprint density at radius 3 is 2.62 bits per heavy atom. The lowest BCUT2D eigenvalue weighted by Crippen LogP contribution is -2.58. The lowest BCUT2D eigenvalue weighted by molar-refractivity contribution is -0.0331. The predicted octanol–water partition coefficient (Wildman–Crippen LogP) is 0.713. The van der Waals surface area contributed by atoms with E-state index in [-0.39, 0.29) is 16.3 Å². The van der Waals surface area contributed by atoms with Gasteiger partial charge in [0.2, 0.25) is 5.28 Å². The normalized spacial score (nSPS) is 27.6. The van der Waals surface area contributed by atoms with Gasteiger partial charge in [0.15, 0.2) is 23.2 Å². The first-order chi connectivity index (χ1) is 18.4. The van der Waals surface area contributed by atoms with Crippen molar-refractivity contribution in [3.05, 3.63) is 47.0 Å². The number of aromatic nitrogens is 4. The molecule has 0 bridgehead atoms. The number of benzene rings is 1. The summed E-state index contributed by atoms with van der Waals surface area (Å²) in [6.07, 6.45) is -1.82. The van der Waals surface area contributed by atoms with Crippen molar-refractivity contribution in [1.29, 1.82) is 0 Å². The summed E-state index contributed by atoms with van der Waals surface area (Å²) in [5.74, 6) is -0.730. The third-order valence-electron chi connectivity index (χ3n) is 7.65. The highest BCUT2D eigenvalue weighted by Gasteiger charge is 2.50. The molecule has 14 nitrogen and oxygen atoms in total. The van der Waals surface area contributed by atoms with Crippen LogP contribution in [0.15, 0.2) is 30.6 Å². The van der Waals surface area contributed by atoms with Crippen LogP contribution in [0.1, 0.15) is 23.8 Å². The molecule has 2 saturated heterocycles. The molecular weight excluding hydrogens is 574 g/mol. The van der Waals surface area contributed by atoms with Gasteiger partial charge >= 0.3 is 7.60 Å². The number of nitrogens with zero attached hydrogens (tertiary/aromatic N) is 5. The number of rotatable bonds is 7. The molecule has 210 valence electrons. The Morgan fingerprint density at radius 1 is 1.13 bits per heavy atom. The van der Waals surface area contributed by atoms with Crippen molar-refractivity contribution < 1.29 is 38.8 Å². The van der Waals surface area contributed by atoms with Crippen molar-refractivity contribution in [2.75, 3.05) is 30.4 Å². The number of aliphatic hydroxyl groups is 2. The second-order valence-corrected chi connectivity index (χ2v) is 14.9. The van der Waals surface area contributed by atoms with Gasteiger partial charge in [0, 0.05) is 25.0 Å². The van der Waals surface area contributed by atoms with Gasteiger partial charge < -0.3 is 34.5 Å². The highest BCUT2D eigenvalue weighted by molar-refractivity contribution is 7.71. The molecule has 17 heteroatoms. The molecule has 0 amide bonds. The molecule has 2 aromatic heterocycles. The van der Waals surface area contributed by atoms with Crippen LogP contribution in [0.3, 0.4) is 0 Å². The number of aliphatic hydroxyl groups excluding tert-OH is 2. The molecule has 3 aliphatic rings. The Kier molecular flexibility index (Phi) is 6.67. The van der Waals surface area contributed by atoms with Crippen molar-refractivity contribution in [2.45, 2.75) is 42.8 Å². The fourth-order valence-electron chi connectivity index (χ4n) is 5.87. The topological polar surface area (TPSA) is 203 Å². The highest BCUT2D eigenvalue weighted by Crippen LogP contribution is 2.52. The zero-order valence-electron chi connectivity index (χ0n) is 20.4. The Hall–Kier alpha value is -1.96. The lowest BCUT2D eigenvalue weighted by atomic mass is 9.75. The minimum absolute atomic E-state index is 0.0306. The second kappa shape index (κ2) is 9.56. The van der Waals surface area contributed by atoms with Crippen LogP contribution in [0.5, 0.6) is 0 Å². The van der Waals surface area contributed by atoms with Crippen LogP contribution >= 0.6 is 26.7 Å². The standard InChI is InChI=1S/C22H27ClN6O8P2/c23-21-26-18(28-8-22(9-28)6-5-12-3-1-2-4-13(12)22)15-19(27-21)29(10-24-15)20-17(31)16(30)14(37-20)7-25-38(32,33)11-39(34,35)36/h1-4,10,14,16-17,20,30-31H,5-9,11H2,(H2,25,32,33)(H2,34,35,36). The van der Waals surface area contributed by atoms with E-state index >= 15 is 0 Å². The Balaban J connectivity index is 1.22. The van der Waals surface area contributed by atoms with Crippen LogP contribution in [-0.2, 0) is 25.7 Å². The Morgan fingerprint density at radius 2 is 1.87 bits per heavy atom. The maximum Gasteiger partial charge on any atom is 0.336 e. The van der Waals surface area contributed by atoms with Gasteiger partial charge in [-0.3, -0.25) is 13.7 Å². The second-order valence-electron chi connectivity index (χ2n) is 10.4. The molecular formula is C22H27ClN6O8P2. The first-order valence-electron chi connectivity index (χ1n) is 12.2. The zero-order chi connectivity index (χ0) is 27.7. The quantitative estimate of drug-likeness (QED) is 0.164. The molecule has 6 N–H and O–H groups in total. The number of halogens is 1. The summed E-state index contributed by atoms with van der Waals surface area (Å²) in [6.45, 7) is 1.03. The van der Waals surface area contributed by atoms with Gasteiger partial charge in [-0.25, -0.2) is 10.1 Å². The maximum absolute atomic E-state index is 12.1. The first kappa shape index (κ1) is 27.2. The summed E-state index contributed by atoms with van der Waals surface area (Å²) >= 11 is 6.29. The number of hydrogen-bond donors (Lipinski definition) is 6. The zero-order valence-corrected chi connectivity index (χ0v) is 23.0. The summed E-state index contributed by atoms with van der Waals surface area (Å²) in [6, 6.07) is 8.44. The molecule has 2 aliphatic heterocycles. The van der Waals surface area contributed by atoms with Crippen LogP contribution in [0.25, 0.3) is 11.2 Å². The molecule has 39 heavy (non-hydrogen) atoms. The molecule has 6 rings (SSSR count). The number of anilines is 1. The van der Waals surface area contributed by atoms with Gasteiger partial charge in [-0.1, -0.05) is 24.3 Å². The van der Waals surface area contributed by atoms with E-state index in [1.807, 2.05) is 0 Å². The lowest BCUT2D eigenvalue weighted by Gasteiger charge is -2.49. The van der Waals surface area contributed by atoms with Gasteiger partial charge in [0.25, 0.3) is 7.52 Å². The third kappa shape index (κ3) is 4.93. The highest BCUT2D eigenvalue weighted by atomic mass is 35.5. The summed E-state index contributed by atoms with van der Waals surface area (Å²) in [5, 5.41) is 23.4. The maximum atomic E-state index is 12.1. The Bertz CT molecular complexity index is 1530. The van der Waals surface area contributed by atoms with E-state index in [9.17, 15) is 24.2 Å². The monoisotopic (exact) mass is 600 g/mol. The number of aryl methyl sites for hydroxylation is 1. The fraction of sp³-hybridized carbons (Fsp3) is 0.500. The number of hydrogen-bond acceptors (Lipinski definition) is 9. The van der Waals surface area contributed by atoms with E-state index in [1.54, 1.807) is 0 Å². The van der Waals surface area contributed by atoms with E-state index in [0.717, 1.165) is 25.9 Å². The van der Waals surface area contributed by atoms with E-state index in [2.05, 4.69) is 49.2 Å². The van der Waals surface area contributed by atoms with Crippen LogP contribution < -0.4 is 9.99 Å². The van der Waals surface area contributed by atoms with Crippen molar-refractivity contribution in [2.24, 2.45) is 0 Å². The average Bonchev–Trinajstić information content (AvgIpc) is 3.50. The van der Waals surface area contributed by atoms with Crippen LogP contribution in [-0.4, -0.2) is 88.3 Å². The Labute approximate surface area is 227 Å². The number of nitrogens with one attached hydrogen (secondary N) is 1. The van der Waals surface area contributed by atoms with Gasteiger partial charge in [0.1, 0.15) is 24.2 Å². The van der Waals surface area contributed by atoms with Gasteiger partial charge in [-0.15, -0.1) is 0 Å². The van der Waals surface area contributed by atoms with Crippen molar-refractivity contribution in [3.63, 3.8) is 0 Å². The molecule has 5 unspecified atom stereocenters. The van der Waals surface area contributed by atoms with Crippen LogP contribution in [0, 0.1) is 0 Å². The molecule has 0 radical (unpaired) electrons. The van der Waals surface area contributed by atoms with Gasteiger partial charge in [-0.2, -0.15) is 9.97 Å². The molecule has 5 atom stereocenters. The number of imidazole rings is 1. The smallest absolute Gasteiger partial charge is 0.336 e. The van der Waals surface area contributed by atoms with E-state index < -0.39 is 52.1 Å². The summed E-state index contributed by atoms with van der Waals surface area (Å²) in [5.41, 5.74) is 3.48. The minimum atomic E-state index is -4.77. The number of fused-ring (bicyclic) bond motifs is 3.